The summed E-state index contributed by atoms with van der Waals surface area (Å²) < 4.78 is 10.6. The summed E-state index contributed by atoms with van der Waals surface area (Å²) in [7, 11) is 5.51. The standard InChI is InChI=1S/C17H22N4O3/c1-21(2)10-14-13-9-11(6-7-15(13)24-20-14)19-16(22)12-5-4-8-18-17(12)23-3/h4-5,8,11H,6-7,9-10H2,1-3H3,(H,19,22). The van der Waals surface area contributed by atoms with Gasteiger partial charge in [-0.05, 0) is 39.1 Å². The molecule has 0 fully saturated rings. The number of aryl methyl sites for hydroxylation is 1. The number of aromatic nitrogens is 2. The molecule has 1 amide bonds. The fourth-order valence-electron chi connectivity index (χ4n) is 3.00. The smallest absolute Gasteiger partial charge is 0.256 e. The Morgan fingerprint density at radius 2 is 2.33 bits per heavy atom. The molecule has 2 aromatic rings. The van der Waals surface area contributed by atoms with Gasteiger partial charge in [0.25, 0.3) is 5.91 Å². The summed E-state index contributed by atoms with van der Waals surface area (Å²) in [6.45, 7) is 0.732. The van der Waals surface area contributed by atoms with Gasteiger partial charge in [0.15, 0.2) is 0 Å². The Kier molecular flexibility index (Phi) is 4.80. The van der Waals surface area contributed by atoms with Gasteiger partial charge in [-0.15, -0.1) is 0 Å². The van der Waals surface area contributed by atoms with Gasteiger partial charge >= 0.3 is 0 Å². The van der Waals surface area contributed by atoms with Crippen molar-refractivity contribution in [3.63, 3.8) is 0 Å². The normalized spacial score (nSPS) is 16.8. The van der Waals surface area contributed by atoms with E-state index >= 15 is 0 Å². The fourth-order valence-corrected chi connectivity index (χ4v) is 3.00. The number of methoxy groups -OCH3 is 1. The number of ether oxygens (including phenoxy) is 1. The minimum atomic E-state index is -0.168. The third-order valence-electron chi connectivity index (χ3n) is 4.13. The third-order valence-corrected chi connectivity index (χ3v) is 4.13. The Morgan fingerprint density at radius 1 is 1.50 bits per heavy atom. The number of pyridine rings is 1. The molecule has 0 saturated heterocycles. The molecule has 128 valence electrons. The molecule has 2 aromatic heterocycles. The zero-order valence-electron chi connectivity index (χ0n) is 14.2. The quantitative estimate of drug-likeness (QED) is 0.893. The van der Waals surface area contributed by atoms with Crippen LogP contribution in [0.4, 0.5) is 0 Å². The van der Waals surface area contributed by atoms with E-state index in [9.17, 15) is 4.79 Å². The number of rotatable bonds is 5. The number of hydrogen-bond acceptors (Lipinski definition) is 6. The molecule has 1 N–H and O–H groups in total. The second-order valence-corrected chi connectivity index (χ2v) is 6.24. The van der Waals surface area contributed by atoms with E-state index in [2.05, 4.69) is 20.4 Å². The summed E-state index contributed by atoms with van der Waals surface area (Å²) in [4.78, 5) is 18.7. The van der Waals surface area contributed by atoms with Crippen molar-refractivity contribution in [3.05, 3.63) is 40.9 Å². The maximum Gasteiger partial charge on any atom is 0.256 e. The van der Waals surface area contributed by atoms with E-state index in [1.54, 1.807) is 18.3 Å². The minimum absolute atomic E-state index is 0.0511. The van der Waals surface area contributed by atoms with Crippen LogP contribution in [0.2, 0.25) is 0 Å². The molecule has 24 heavy (non-hydrogen) atoms. The van der Waals surface area contributed by atoms with Gasteiger partial charge in [0.05, 0.1) is 7.11 Å². The first-order valence-electron chi connectivity index (χ1n) is 7.99. The van der Waals surface area contributed by atoms with Gasteiger partial charge in [0, 0.05) is 30.8 Å². The highest BCUT2D eigenvalue weighted by Crippen LogP contribution is 2.25. The highest BCUT2D eigenvalue weighted by molar-refractivity contribution is 5.96. The Labute approximate surface area is 141 Å². The average Bonchev–Trinajstić information content (AvgIpc) is 2.96. The van der Waals surface area contributed by atoms with Crippen molar-refractivity contribution in [1.82, 2.24) is 20.4 Å². The van der Waals surface area contributed by atoms with Crippen LogP contribution in [0, 0.1) is 0 Å². The first-order valence-corrected chi connectivity index (χ1v) is 7.99. The number of nitrogens with zero attached hydrogens (tertiary/aromatic N) is 3. The first kappa shape index (κ1) is 16.4. The van der Waals surface area contributed by atoms with Gasteiger partial charge in [-0.2, -0.15) is 0 Å². The summed E-state index contributed by atoms with van der Waals surface area (Å²) in [6.07, 6.45) is 3.95. The molecule has 2 heterocycles. The highest BCUT2D eigenvalue weighted by Gasteiger charge is 2.27. The predicted molar refractivity (Wildman–Crippen MR) is 88.0 cm³/mol. The van der Waals surface area contributed by atoms with Crippen molar-refractivity contribution in [2.75, 3.05) is 21.2 Å². The van der Waals surface area contributed by atoms with E-state index in [1.165, 1.54) is 7.11 Å². The first-order chi connectivity index (χ1) is 11.6. The van der Waals surface area contributed by atoms with Crippen molar-refractivity contribution in [3.8, 4) is 5.88 Å². The molecule has 7 heteroatoms. The van der Waals surface area contributed by atoms with Crippen molar-refractivity contribution in [2.45, 2.75) is 31.8 Å². The van der Waals surface area contributed by atoms with Gasteiger partial charge < -0.3 is 19.5 Å². The van der Waals surface area contributed by atoms with Crippen LogP contribution in [0.15, 0.2) is 22.9 Å². The summed E-state index contributed by atoms with van der Waals surface area (Å²) >= 11 is 0. The summed E-state index contributed by atoms with van der Waals surface area (Å²) in [6, 6.07) is 3.49. The van der Waals surface area contributed by atoms with Gasteiger partial charge in [-0.1, -0.05) is 5.16 Å². The molecule has 1 aliphatic carbocycles. The maximum atomic E-state index is 12.5. The summed E-state index contributed by atoms with van der Waals surface area (Å²) in [5.74, 6) is 1.11. The van der Waals surface area contributed by atoms with E-state index in [1.807, 2.05) is 14.1 Å². The van der Waals surface area contributed by atoms with E-state index in [0.717, 1.165) is 42.8 Å². The van der Waals surface area contributed by atoms with Crippen molar-refractivity contribution in [1.29, 1.82) is 0 Å². The highest BCUT2D eigenvalue weighted by atomic mass is 16.5. The number of amides is 1. The van der Waals surface area contributed by atoms with E-state index in [-0.39, 0.29) is 11.9 Å². The summed E-state index contributed by atoms with van der Waals surface area (Å²) in [5.41, 5.74) is 2.52. The number of nitrogens with one attached hydrogen (secondary N) is 1. The lowest BCUT2D eigenvalue weighted by Crippen LogP contribution is -2.39. The monoisotopic (exact) mass is 330 g/mol. The van der Waals surface area contributed by atoms with Gasteiger partial charge in [0.2, 0.25) is 5.88 Å². The Bertz CT molecular complexity index is 726. The molecule has 1 unspecified atom stereocenters. The lowest BCUT2D eigenvalue weighted by Gasteiger charge is -2.23. The van der Waals surface area contributed by atoms with Crippen LogP contribution in [0.5, 0.6) is 5.88 Å². The van der Waals surface area contributed by atoms with Gasteiger partial charge in [0.1, 0.15) is 17.0 Å². The molecule has 0 radical (unpaired) electrons. The van der Waals surface area contributed by atoms with E-state index in [4.69, 9.17) is 9.26 Å². The largest absolute Gasteiger partial charge is 0.480 e. The minimum Gasteiger partial charge on any atom is -0.480 e. The molecule has 7 nitrogen and oxygen atoms in total. The van der Waals surface area contributed by atoms with Crippen LogP contribution in [-0.4, -0.2) is 48.2 Å². The number of carbonyl (C=O) groups is 1. The Morgan fingerprint density at radius 3 is 3.08 bits per heavy atom. The number of fused-ring (bicyclic) bond motifs is 1. The van der Waals surface area contributed by atoms with Crippen molar-refractivity contribution < 1.29 is 14.1 Å². The van der Waals surface area contributed by atoms with Gasteiger partial charge in [-0.3, -0.25) is 4.79 Å². The molecule has 0 aromatic carbocycles. The molecule has 0 aliphatic heterocycles. The molecule has 3 rings (SSSR count). The van der Waals surface area contributed by atoms with Crippen LogP contribution in [0.3, 0.4) is 0 Å². The molecule has 0 spiro atoms. The summed E-state index contributed by atoms with van der Waals surface area (Å²) in [5, 5.41) is 7.26. The topological polar surface area (TPSA) is 80.5 Å². The fraction of sp³-hybridized carbons (Fsp3) is 0.471. The van der Waals surface area contributed by atoms with Gasteiger partial charge in [-0.25, -0.2) is 4.98 Å². The predicted octanol–water partition coefficient (Wildman–Crippen LogP) is 1.43. The molecule has 0 bridgehead atoms. The van der Waals surface area contributed by atoms with Crippen LogP contribution in [-0.2, 0) is 19.4 Å². The van der Waals surface area contributed by atoms with E-state index in [0.29, 0.717) is 11.4 Å². The Balaban J connectivity index is 1.71. The molecular weight excluding hydrogens is 308 g/mol. The molecule has 1 atom stereocenters. The molecular formula is C17H22N4O3. The van der Waals surface area contributed by atoms with E-state index < -0.39 is 0 Å². The zero-order chi connectivity index (χ0) is 17.1. The SMILES string of the molecule is COc1ncccc1C(=O)NC1CCc2onc(CN(C)C)c2C1. The lowest BCUT2D eigenvalue weighted by molar-refractivity contribution is 0.0929. The number of hydrogen-bond donors (Lipinski definition) is 1. The average molecular weight is 330 g/mol. The second kappa shape index (κ2) is 7.00. The van der Waals surface area contributed by atoms with Crippen LogP contribution in [0.25, 0.3) is 0 Å². The van der Waals surface area contributed by atoms with Crippen LogP contribution in [0.1, 0.15) is 33.8 Å². The molecule has 1 aliphatic rings. The van der Waals surface area contributed by atoms with Crippen LogP contribution < -0.4 is 10.1 Å². The zero-order valence-corrected chi connectivity index (χ0v) is 14.2. The second-order valence-electron chi connectivity index (χ2n) is 6.24. The Hall–Kier alpha value is -2.41. The lowest BCUT2D eigenvalue weighted by atomic mass is 9.91. The molecule has 0 saturated carbocycles. The van der Waals surface area contributed by atoms with Crippen molar-refractivity contribution in [2.24, 2.45) is 0 Å². The maximum absolute atomic E-state index is 12.5. The third kappa shape index (κ3) is 3.41. The number of carbonyl (C=O) groups excluding carboxylic acids is 1. The van der Waals surface area contributed by atoms with Crippen LogP contribution >= 0.6 is 0 Å². The van der Waals surface area contributed by atoms with Crippen molar-refractivity contribution >= 4 is 5.91 Å².